The number of carbonyl (C=O) groups is 1. The molecule has 3 rings (SSSR count). The van der Waals surface area contributed by atoms with Crippen molar-refractivity contribution >= 4 is 22.5 Å². The molecule has 0 saturated heterocycles. The molecule has 6 heteroatoms. The molecule has 0 bridgehead atoms. The number of anilines is 1. The summed E-state index contributed by atoms with van der Waals surface area (Å²) in [7, 11) is 3.11. The van der Waals surface area contributed by atoms with Crippen LogP contribution in [-0.2, 0) is 11.2 Å². The Bertz CT molecular complexity index is 889. The molecule has 0 fully saturated rings. The molecule has 1 heterocycles. The first-order chi connectivity index (χ1) is 12.1. The molecule has 130 valence electrons. The number of methoxy groups -OCH3 is 2. The zero-order valence-corrected chi connectivity index (χ0v) is 14.2. The van der Waals surface area contributed by atoms with Crippen LogP contribution in [0.3, 0.4) is 0 Å². The van der Waals surface area contributed by atoms with E-state index in [4.69, 9.17) is 15.2 Å². The number of rotatable bonds is 6. The number of fused-ring (bicyclic) bond motifs is 1. The van der Waals surface area contributed by atoms with Crippen molar-refractivity contribution in [2.24, 2.45) is 5.73 Å². The van der Waals surface area contributed by atoms with Gasteiger partial charge in [0, 0.05) is 23.2 Å². The molecule has 4 N–H and O–H groups in total. The molecule has 0 saturated carbocycles. The maximum atomic E-state index is 12.5. The van der Waals surface area contributed by atoms with E-state index in [2.05, 4.69) is 10.3 Å². The fourth-order valence-corrected chi connectivity index (χ4v) is 2.77. The number of benzene rings is 2. The van der Waals surface area contributed by atoms with Gasteiger partial charge >= 0.3 is 0 Å². The van der Waals surface area contributed by atoms with Crippen LogP contribution in [0.15, 0.2) is 48.7 Å². The Labute approximate surface area is 145 Å². The van der Waals surface area contributed by atoms with E-state index in [9.17, 15) is 4.79 Å². The van der Waals surface area contributed by atoms with Gasteiger partial charge in [0.1, 0.15) is 11.5 Å². The average molecular weight is 339 g/mol. The van der Waals surface area contributed by atoms with Gasteiger partial charge < -0.3 is 25.5 Å². The summed E-state index contributed by atoms with van der Waals surface area (Å²) in [6.45, 7) is 0. The summed E-state index contributed by atoms with van der Waals surface area (Å²) >= 11 is 0. The number of H-pyrrole nitrogens is 1. The second kappa shape index (κ2) is 7.27. The van der Waals surface area contributed by atoms with Crippen molar-refractivity contribution in [3.05, 3.63) is 54.2 Å². The van der Waals surface area contributed by atoms with Crippen molar-refractivity contribution in [3.8, 4) is 11.5 Å². The first-order valence-electron chi connectivity index (χ1n) is 7.96. The molecule has 0 aliphatic rings. The predicted octanol–water partition coefficient (Wildman–Crippen LogP) is 2.69. The fraction of sp³-hybridized carbons (Fsp3) is 0.211. The van der Waals surface area contributed by atoms with Crippen LogP contribution in [-0.4, -0.2) is 31.2 Å². The van der Waals surface area contributed by atoms with E-state index in [1.165, 1.54) is 0 Å². The highest BCUT2D eigenvalue weighted by molar-refractivity contribution is 5.96. The zero-order chi connectivity index (χ0) is 17.8. The van der Waals surface area contributed by atoms with Gasteiger partial charge in [-0.05, 0) is 30.2 Å². The monoisotopic (exact) mass is 339 g/mol. The topological polar surface area (TPSA) is 89.4 Å². The van der Waals surface area contributed by atoms with Crippen molar-refractivity contribution in [3.63, 3.8) is 0 Å². The van der Waals surface area contributed by atoms with E-state index in [1.807, 2.05) is 30.5 Å². The van der Waals surface area contributed by atoms with E-state index in [-0.39, 0.29) is 5.91 Å². The summed E-state index contributed by atoms with van der Waals surface area (Å²) in [5.41, 5.74) is 8.68. The van der Waals surface area contributed by atoms with Crippen LogP contribution in [0.2, 0.25) is 0 Å². The number of para-hydroxylation sites is 1. The standard InChI is InChI=1S/C19H21N3O3/c1-24-13-7-8-18(25-2)17(10-13)22-19(23)15(20)9-12-11-21-16-6-4-3-5-14(12)16/h3-8,10-11,15,21H,9,20H2,1-2H3,(H,22,23). The maximum Gasteiger partial charge on any atom is 0.241 e. The third-order valence-electron chi connectivity index (χ3n) is 4.12. The SMILES string of the molecule is COc1ccc(OC)c(NC(=O)C(N)Cc2c[nH]c3ccccc23)c1. The molecule has 1 aromatic heterocycles. The number of hydrogen-bond acceptors (Lipinski definition) is 4. The number of nitrogens with two attached hydrogens (primary N) is 1. The minimum atomic E-state index is -0.685. The summed E-state index contributed by atoms with van der Waals surface area (Å²) in [5, 5.41) is 3.89. The lowest BCUT2D eigenvalue weighted by atomic mass is 10.0. The van der Waals surface area contributed by atoms with Crippen molar-refractivity contribution in [1.29, 1.82) is 0 Å². The molecule has 0 spiro atoms. The highest BCUT2D eigenvalue weighted by Crippen LogP contribution is 2.29. The van der Waals surface area contributed by atoms with Gasteiger partial charge in [0.05, 0.1) is 25.9 Å². The molecule has 1 unspecified atom stereocenters. The average Bonchev–Trinajstić information content (AvgIpc) is 3.04. The molecule has 1 atom stereocenters. The summed E-state index contributed by atoms with van der Waals surface area (Å²) in [5.74, 6) is 0.895. The molecular weight excluding hydrogens is 318 g/mol. The summed E-state index contributed by atoms with van der Waals surface area (Å²) in [4.78, 5) is 15.7. The third kappa shape index (κ3) is 3.59. The first kappa shape index (κ1) is 16.9. The minimum Gasteiger partial charge on any atom is -0.497 e. The van der Waals surface area contributed by atoms with Crippen LogP contribution in [0.5, 0.6) is 11.5 Å². The number of ether oxygens (including phenoxy) is 2. The predicted molar refractivity (Wildman–Crippen MR) is 98.2 cm³/mol. The highest BCUT2D eigenvalue weighted by Gasteiger charge is 2.18. The van der Waals surface area contributed by atoms with E-state index < -0.39 is 6.04 Å². The van der Waals surface area contributed by atoms with E-state index in [0.717, 1.165) is 16.5 Å². The van der Waals surface area contributed by atoms with E-state index in [1.54, 1.807) is 32.4 Å². The largest absolute Gasteiger partial charge is 0.497 e. The van der Waals surface area contributed by atoms with Gasteiger partial charge in [-0.25, -0.2) is 0 Å². The lowest BCUT2D eigenvalue weighted by Gasteiger charge is -2.15. The van der Waals surface area contributed by atoms with Gasteiger partial charge in [-0.2, -0.15) is 0 Å². The molecule has 6 nitrogen and oxygen atoms in total. The molecule has 0 radical (unpaired) electrons. The summed E-state index contributed by atoms with van der Waals surface area (Å²) < 4.78 is 10.5. The number of nitrogens with one attached hydrogen (secondary N) is 2. The third-order valence-corrected chi connectivity index (χ3v) is 4.12. The summed E-state index contributed by atoms with van der Waals surface area (Å²) in [6.07, 6.45) is 2.33. The minimum absolute atomic E-state index is 0.281. The molecule has 0 aliphatic heterocycles. The van der Waals surface area contributed by atoms with Crippen LogP contribution in [0.4, 0.5) is 5.69 Å². The Morgan fingerprint density at radius 1 is 1.20 bits per heavy atom. The molecule has 0 aliphatic carbocycles. The van der Waals surface area contributed by atoms with Gasteiger partial charge in [-0.1, -0.05) is 18.2 Å². The van der Waals surface area contributed by atoms with Crippen LogP contribution in [0.1, 0.15) is 5.56 Å². The second-order valence-electron chi connectivity index (χ2n) is 5.73. The number of carbonyl (C=O) groups excluding carboxylic acids is 1. The summed E-state index contributed by atoms with van der Waals surface area (Å²) in [6, 6.07) is 12.4. The van der Waals surface area contributed by atoms with Gasteiger partial charge in [-0.3, -0.25) is 4.79 Å². The fourth-order valence-electron chi connectivity index (χ4n) is 2.77. The number of aromatic amines is 1. The lowest BCUT2D eigenvalue weighted by Crippen LogP contribution is -2.37. The molecular formula is C19H21N3O3. The lowest BCUT2D eigenvalue weighted by molar-refractivity contribution is -0.117. The molecule has 3 aromatic rings. The van der Waals surface area contributed by atoms with Crippen LogP contribution < -0.4 is 20.5 Å². The van der Waals surface area contributed by atoms with Gasteiger partial charge in [0.2, 0.25) is 5.91 Å². The molecule has 2 aromatic carbocycles. The first-order valence-corrected chi connectivity index (χ1v) is 7.96. The van der Waals surface area contributed by atoms with Crippen LogP contribution in [0.25, 0.3) is 10.9 Å². The van der Waals surface area contributed by atoms with Gasteiger partial charge in [-0.15, -0.1) is 0 Å². The number of hydrogen-bond donors (Lipinski definition) is 3. The smallest absolute Gasteiger partial charge is 0.241 e. The molecule has 1 amide bonds. The Hall–Kier alpha value is -2.99. The Balaban J connectivity index is 1.75. The van der Waals surface area contributed by atoms with Crippen molar-refractivity contribution in [2.45, 2.75) is 12.5 Å². The van der Waals surface area contributed by atoms with E-state index >= 15 is 0 Å². The Morgan fingerprint density at radius 3 is 2.76 bits per heavy atom. The van der Waals surface area contributed by atoms with Crippen LogP contribution >= 0.6 is 0 Å². The van der Waals surface area contributed by atoms with Crippen molar-refractivity contribution in [2.75, 3.05) is 19.5 Å². The molecule has 25 heavy (non-hydrogen) atoms. The van der Waals surface area contributed by atoms with Crippen molar-refractivity contribution in [1.82, 2.24) is 4.98 Å². The zero-order valence-electron chi connectivity index (χ0n) is 14.2. The quantitative estimate of drug-likeness (QED) is 0.644. The number of amides is 1. The Kier molecular flexibility index (Phi) is 4.90. The van der Waals surface area contributed by atoms with Gasteiger partial charge in [0.15, 0.2) is 0 Å². The second-order valence-corrected chi connectivity index (χ2v) is 5.73. The number of aromatic nitrogens is 1. The van der Waals surface area contributed by atoms with Crippen LogP contribution in [0, 0.1) is 0 Å². The van der Waals surface area contributed by atoms with E-state index in [0.29, 0.717) is 23.6 Å². The van der Waals surface area contributed by atoms with Crippen molar-refractivity contribution < 1.29 is 14.3 Å². The Morgan fingerprint density at radius 2 is 2.00 bits per heavy atom. The highest BCUT2D eigenvalue weighted by atomic mass is 16.5. The maximum absolute atomic E-state index is 12.5. The van der Waals surface area contributed by atoms with Gasteiger partial charge in [0.25, 0.3) is 0 Å². The normalized spacial score (nSPS) is 12.0.